The first-order chi connectivity index (χ1) is 9.88. The highest BCUT2D eigenvalue weighted by Crippen LogP contribution is 2.25. The number of hydrogen-bond donors (Lipinski definition) is 2. The molecule has 112 valence electrons. The van der Waals surface area contributed by atoms with Crippen LogP contribution in [0.15, 0.2) is 36.4 Å². The van der Waals surface area contributed by atoms with Crippen molar-refractivity contribution in [2.75, 3.05) is 0 Å². The molecular weight excluding hydrogens is 258 g/mol. The largest absolute Gasteiger partial charge is 0.508 e. The fourth-order valence-electron chi connectivity index (χ4n) is 2.80. The molecule has 0 aliphatic rings. The molecule has 2 unspecified atom stereocenters. The van der Waals surface area contributed by atoms with E-state index >= 15 is 0 Å². The second kappa shape index (κ2) is 6.31. The number of aromatic hydroxyl groups is 1. The molecule has 21 heavy (non-hydrogen) atoms. The molecule has 0 fully saturated rings. The second-order valence-corrected chi connectivity index (χ2v) is 6.00. The maximum absolute atomic E-state index is 9.60. The van der Waals surface area contributed by atoms with Gasteiger partial charge in [-0.2, -0.15) is 0 Å². The number of hydrogen-bond acceptors (Lipinski definition) is 2. The van der Waals surface area contributed by atoms with Gasteiger partial charge >= 0.3 is 0 Å². The highest BCUT2D eigenvalue weighted by Gasteiger charge is 2.14. The van der Waals surface area contributed by atoms with E-state index in [0.29, 0.717) is 5.75 Å². The van der Waals surface area contributed by atoms with Crippen LogP contribution in [0.4, 0.5) is 0 Å². The smallest absolute Gasteiger partial charge is 0.115 e. The van der Waals surface area contributed by atoms with Gasteiger partial charge in [0.25, 0.3) is 0 Å². The van der Waals surface area contributed by atoms with Crippen LogP contribution >= 0.6 is 0 Å². The van der Waals surface area contributed by atoms with Crippen molar-refractivity contribution in [3.8, 4) is 5.75 Å². The molecule has 0 heterocycles. The van der Waals surface area contributed by atoms with Gasteiger partial charge in [0.15, 0.2) is 0 Å². The van der Waals surface area contributed by atoms with Crippen molar-refractivity contribution in [3.05, 3.63) is 64.2 Å². The Morgan fingerprint density at radius 3 is 2.19 bits per heavy atom. The third-order valence-corrected chi connectivity index (χ3v) is 4.22. The van der Waals surface area contributed by atoms with Crippen LogP contribution in [0.25, 0.3) is 0 Å². The summed E-state index contributed by atoms with van der Waals surface area (Å²) in [4.78, 5) is 0. The first-order valence-corrected chi connectivity index (χ1v) is 7.51. The lowest BCUT2D eigenvalue weighted by molar-refractivity contribution is 0.466. The molecule has 0 saturated carbocycles. The highest BCUT2D eigenvalue weighted by molar-refractivity contribution is 5.38. The van der Waals surface area contributed by atoms with Crippen LogP contribution in [0.1, 0.15) is 53.7 Å². The van der Waals surface area contributed by atoms with Crippen molar-refractivity contribution >= 4 is 0 Å². The van der Waals surface area contributed by atoms with Crippen molar-refractivity contribution in [3.63, 3.8) is 0 Å². The zero-order valence-corrected chi connectivity index (χ0v) is 13.6. The van der Waals surface area contributed by atoms with Crippen LogP contribution in [-0.2, 0) is 0 Å². The highest BCUT2D eigenvalue weighted by atomic mass is 16.3. The quantitative estimate of drug-likeness (QED) is 0.850. The van der Waals surface area contributed by atoms with Crippen LogP contribution in [0, 0.1) is 20.8 Å². The van der Waals surface area contributed by atoms with Gasteiger partial charge in [-0.3, -0.25) is 0 Å². The molecule has 2 atom stereocenters. The Kier molecular flexibility index (Phi) is 4.69. The number of benzene rings is 2. The fraction of sp³-hybridized carbons (Fsp3) is 0.368. The SMILES string of the molecule is Cc1cc(C)c(C(C)NC(C)c2cccc(O)c2)cc1C. The molecule has 2 N–H and O–H groups in total. The molecule has 0 radical (unpaired) electrons. The van der Waals surface area contributed by atoms with Crippen molar-refractivity contribution in [1.29, 1.82) is 0 Å². The average Bonchev–Trinajstić information content (AvgIpc) is 2.42. The lowest BCUT2D eigenvalue weighted by Gasteiger charge is -2.23. The minimum Gasteiger partial charge on any atom is -0.508 e. The third kappa shape index (κ3) is 3.64. The topological polar surface area (TPSA) is 32.3 Å². The van der Waals surface area contributed by atoms with Crippen molar-refractivity contribution in [2.24, 2.45) is 0 Å². The summed E-state index contributed by atoms with van der Waals surface area (Å²) >= 11 is 0. The van der Waals surface area contributed by atoms with E-state index < -0.39 is 0 Å². The Labute approximate surface area is 127 Å². The van der Waals surface area contributed by atoms with Crippen LogP contribution in [-0.4, -0.2) is 5.11 Å². The molecule has 2 rings (SSSR count). The molecule has 0 amide bonds. The minimum atomic E-state index is 0.188. The summed E-state index contributed by atoms with van der Waals surface area (Å²) in [7, 11) is 0. The first-order valence-electron chi connectivity index (χ1n) is 7.51. The summed E-state index contributed by atoms with van der Waals surface area (Å²) in [6.07, 6.45) is 0. The molecule has 0 bridgehead atoms. The Balaban J connectivity index is 2.18. The maximum atomic E-state index is 9.60. The maximum Gasteiger partial charge on any atom is 0.115 e. The van der Waals surface area contributed by atoms with Gasteiger partial charge in [0, 0.05) is 12.1 Å². The Morgan fingerprint density at radius 2 is 1.52 bits per heavy atom. The second-order valence-electron chi connectivity index (χ2n) is 6.00. The molecular formula is C19H25NO. The average molecular weight is 283 g/mol. The van der Waals surface area contributed by atoms with E-state index in [0.717, 1.165) is 5.56 Å². The van der Waals surface area contributed by atoms with Crippen LogP contribution in [0.2, 0.25) is 0 Å². The number of rotatable bonds is 4. The minimum absolute atomic E-state index is 0.188. The van der Waals surface area contributed by atoms with Crippen LogP contribution in [0.3, 0.4) is 0 Å². The summed E-state index contributed by atoms with van der Waals surface area (Å²) in [6, 6.07) is 12.4. The van der Waals surface area contributed by atoms with Gasteiger partial charge in [0.1, 0.15) is 5.75 Å². The molecule has 0 saturated heterocycles. The summed E-state index contributed by atoms with van der Waals surface area (Å²) < 4.78 is 0. The van der Waals surface area contributed by atoms with Crippen LogP contribution in [0.5, 0.6) is 5.75 Å². The van der Waals surface area contributed by atoms with E-state index in [4.69, 9.17) is 0 Å². The monoisotopic (exact) mass is 283 g/mol. The van der Waals surface area contributed by atoms with Gasteiger partial charge in [0.05, 0.1) is 0 Å². The molecule has 0 spiro atoms. The van der Waals surface area contributed by atoms with E-state index in [1.165, 1.54) is 22.3 Å². The predicted molar refractivity (Wildman–Crippen MR) is 88.7 cm³/mol. The predicted octanol–water partition coefficient (Wildman–Crippen LogP) is 4.73. The van der Waals surface area contributed by atoms with E-state index in [1.54, 1.807) is 6.07 Å². The summed E-state index contributed by atoms with van der Waals surface area (Å²) in [5.41, 5.74) is 6.42. The molecule has 2 aromatic rings. The number of phenolic OH excluding ortho intramolecular Hbond substituents is 1. The summed E-state index contributed by atoms with van der Waals surface area (Å²) in [6.45, 7) is 10.8. The van der Waals surface area contributed by atoms with Gasteiger partial charge in [-0.05, 0) is 74.6 Å². The van der Waals surface area contributed by atoms with Crippen molar-refractivity contribution in [1.82, 2.24) is 5.32 Å². The van der Waals surface area contributed by atoms with E-state index in [1.807, 2.05) is 18.2 Å². The molecule has 2 heteroatoms. The third-order valence-electron chi connectivity index (χ3n) is 4.22. The van der Waals surface area contributed by atoms with E-state index in [-0.39, 0.29) is 12.1 Å². The van der Waals surface area contributed by atoms with Gasteiger partial charge in [-0.25, -0.2) is 0 Å². The van der Waals surface area contributed by atoms with E-state index in [9.17, 15) is 5.11 Å². The molecule has 0 aromatic heterocycles. The number of nitrogens with one attached hydrogen (secondary N) is 1. The molecule has 0 aliphatic heterocycles. The molecule has 0 aliphatic carbocycles. The Hall–Kier alpha value is -1.80. The van der Waals surface area contributed by atoms with Gasteiger partial charge in [0.2, 0.25) is 0 Å². The lowest BCUT2D eigenvalue weighted by atomic mass is 9.95. The lowest BCUT2D eigenvalue weighted by Crippen LogP contribution is -2.23. The number of aryl methyl sites for hydroxylation is 3. The first kappa shape index (κ1) is 15.6. The van der Waals surface area contributed by atoms with Gasteiger partial charge < -0.3 is 10.4 Å². The zero-order chi connectivity index (χ0) is 15.6. The zero-order valence-electron chi connectivity index (χ0n) is 13.6. The van der Waals surface area contributed by atoms with Crippen LogP contribution < -0.4 is 5.32 Å². The fourth-order valence-corrected chi connectivity index (χ4v) is 2.80. The Morgan fingerprint density at radius 1 is 0.857 bits per heavy atom. The van der Waals surface area contributed by atoms with Crippen molar-refractivity contribution < 1.29 is 5.11 Å². The Bertz CT molecular complexity index is 633. The van der Waals surface area contributed by atoms with Crippen molar-refractivity contribution in [2.45, 2.75) is 46.7 Å². The molecule has 2 nitrogen and oxygen atoms in total. The summed E-state index contributed by atoms with van der Waals surface area (Å²) in [5.74, 6) is 0.316. The summed E-state index contributed by atoms with van der Waals surface area (Å²) in [5, 5.41) is 13.2. The van der Waals surface area contributed by atoms with Gasteiger partial charge in [-0.1, -0.05) is 24.3 Å². The standard InChI is InChI=1S/C19H25NO/c1-12-9-14(3)19(10-13(12)2)16(5)20-15(4)17-7-6-8-18(21)11-17/h6-11,15-16,20-21H,1-5H3. The van der Waals surface area contributed by atoms with Gasteiger partial charge in [-0.15, -0.1) is 0 Å². The normalized spacial score (nSPS) is 14.0. The number of phenols is 1. The van der Waals surface area contributed by atoms with E-state index in [2.05, 4.69) is 52.1 Å². The molecule has 2 aromatic carbocycles.